The van der Waals surface area contributed by atoms with Crippen LogP contribution in [0.1, 0.15) is 34.3 Å². The highest BCUT2D eigenvalue weighted by atomic mass is 16.4. The number of carbonyl (C=O) groups is 2. The second-order valence-corrected chi connectivity index (χ2v) is 8.39. The minimum absolute atomic E-state index is 0.0344. The maximum atomic E-state index is 13.2. The number of amides is 1. The molecule has 0 saturated carbocycles. The van der Waals surface area contributed by atoms with Crippen LogP contribution >= 0.6 is 0 Å². The van der Waals surface area contributed by atoms with E-state index in [0.717, 1.165) is 11.1 Å². The molecule has 0 bridgehead atoms. The first kappa shape index (κ1) is 23.8. The van der Waals surface area contributed by atoms with Gasteiger partial charge in [0.05, 0.1) is 11.0 Å². The van der Waals surface area contributed by atoms with Crippen LogP contribution in [0.15, 0.2) is 52.1 Å². The van der Waals surface area contributed by atoms with Gasteiger partial charge in [-0.25, -0.2) is 9.78 Å². The standard InChI is InChI=1S/C25H25N5O5/c1-15-13-18-19(14-16(15)2)30(22-21(26-18)23(33)28-25(35)27-22)12-11-29(10-6-9-20(31)32)24(34)17-7-4-3-5-8-17/h3-5,7-8,13-14H,6,9-12H2,1-2H3,(H,31,32)(H,28,33,35). The lowest BCUT2D eigenvalue weighted by molar-refractivity contribution is -0.137. The minimum atomic E-state index is -0.935. The lowest BCUT2D eigenvalue weighted by Gasteiger charge is -2.25. The van der Waals surface area contributed by atoms with Gasteiger partial charge in [0.2, 0.25) is 0 Å². The molecule has 10 heteroatoms. The van der Waals surface area contributed by atoms with Gasteiger partial charge in [-0.05, 0) is 55.7 Å². The number of H-pyrrole nitrogens is 1. The van der Waals surface area contributed by atoms with Crippen molar-refractivity contribution in [2.24, 2.45) is 0 Å². The zero-order valence-electron chi connectivity index (χ0n) is 19.4. The molecule has 0 saturated heterocycles. The second kappa shape index (κ2) is 9.88. The van der Waals surface area contributed by atoms with Crippen LogP contribution in [0.25, 0.3) is 22.6 Å². The number of hydrogen-bond acceptors (Lipinski definition) is 6. The molecule has 180 valence electrons. The first-order chi connectivity index (χ1) is 16.7. The van der Waals surface area contributed by atoms with Crippen LogP contribution in [-0.4, -0.2) is 54.5 Å². The molecule has 0 atom stereocenters. The van der Waals surface area contributed by atoms with E-state index in [1.807, 2.05) is 32.0 Å². The Balaban J connectivity index is 1.76. The summed E-state index contributed by atoms with van der Waals surface area (Å²) in [6.07, 6.45) is 0.221. The van der Waals surface area contributed by atoms with Crippen molar-refractivity contribution in [1.29, 1.82) is 0 Å². The van der Waals surface area contributed by atoms with Crippen molar-refractivity contribution in [1.82, 2.24) is 24.4 Å². The molecular weight excluding hydrogens is 450 g/mol. The van der Waals surface area contributed by atoms with Crippen molar-refractivity contribution in [2.75, 3.05) is 13.1 Å². The Kier molecular flexibility index (Phi) is 6.72. The first-order valence-electron chi connectivity index (χ1n) is 11.2. The number of aryl methyl sites for hydroxylation is 2. The van der Waals surface area contributed by atoms with Gasteiger partial charge in [-0.3, -0.25) is 19.4 Å². The summed E-state index contributed by atoms with van der Waals surface area (Å²) in [5.41, 5.74) is 2.35. The topological polar surface area (TPSA) is 138 Å². The van der Waals surface area contributed by atoms with Crippen molar-refractivity contribution < 1.29 is 14.7 Å². The van der Waals surface area contributed by atoms with E-state index in [1.54, 1.807) is 33.7 Å². The summed E-state index contributed by atoms with van der Waals surface area (Å²) in [5, 5.41) is 9.04. The van der Waals surface area contributed by atoms with Gasteiger partial charge in [-0.15, -0.1) is 0 Å². The van der Waals surface area contributed by atoms with E-state index in [-0.39, 0.29) is 49.9 Å². The molecular formula is C25H25N5O5. The van der Waals surface area contributed by atoms with Gasteiger partial charge in [0.15, 0.2) is 11.5 Å². The Labute approximate surface area is 200 Å². The predicted octanol–water partition coefficient (Wildman–Crippen LogP) is 2.21. The fraction of sp³-hybridized carbons (Fsp3) is 0.280. The fourth-order valence-electron chi connectivity index (χ4n) is 4.00. The third kappa shape index (κ3) is 5.11. The Hall–Kier alpha value is -4.34. The number of carboxylic acids is 1. The molecule has 2 aliphatic rings. The van der Waals surface area contributed by atoms with Crippen LogP contribution in [0.4, 0.5) is 0 Å². The maximum Gasteiger partial charge on any atom is 0.349 e. The van der Waals surface area contributed by atoms with Gasteiger partial charge in [0.1, 0.15) is 0 Å². The number of carbonyl (C=O) groups excluding carboxylic acids is 1. The van der Waals surface area contributed by atoms with Crippen molar-refractivity contribution in [3.8, 4) is 11.5 Å². The van der Waals surface area contributed by atoms with Crippen LogP contribution < -0.4 is 11.2 Å². The molecule has 2 aromatic rings. The number of hydrogen-bond donors (Lipinski definition) is 2. The molecule has 2 aromatic carbocycles. The van der Waals surface area contributed by atoms with E-state index < -0.39 is 17.2 Å². The predicted molar refractivity (Wildman–Crippen MR) is 130 cm³/mol. The van der Waals surface area contributed by atoms with Crippen molar-refractivity contribution in [3.05, 3.63) is 80.0 Å². The number of rotatable bonds is 8. The van der Waals surface area contributed by atoms with Gasteiger partial charge < -0.3 is 14.6 Å². The summed E-state index contributed by atoms with van der Waals surface area (Å²) in [4.78, 5) is 61.0. The molecule has 2 aliphatic heterocycles. The number of nitrogens with zero attached hydrogens (tertiary/aromatic N) is 4. The molecule has 0 spiro atoms. The smallest absolute Gasteiger partial charge is 0.349 e. The van der Waals surface area contributed by atoms with E-state index >= 15 is 0 Å². The number of benzene rings is 2. The molecule has 2 N–H and O–H groups in total. The number of carboxylic acid groups (broad SMARTS) is 1. The van der Waals surface area contributed by atoms with Crippen LogP contribution in [0.3, 0.4) is 0 Å². The molecule has 10 nitrogen and oxygen atoms in total. The van der Waals surface area contributed by atoms with E-state index in [9.17, 15) is 19.2 Å². The summed E-state index contributed by atoms with van der Waals surface area (Å²) in [5.74, 6) is -1.04. The monoisotopic (exact) mass is 475 g/mol. The van der Waals surface area contributed by atoms with Gasteiger partial charge in [-0.1, -0.05) is 18.2 Å². The second-order valence-electron chi connectivity index (χ2n) is 8.39. The SMILES string of the molecule is Cc1cc2nc3c(=O)[nH]c(=O)nc-3n(CCN(CCCC(=O)O)C(=O)c3ccccc3)c2cc1C. The minimum Gasteiger partial charge on any atom is -0.481 e. The summed E-state index contributed by atoms with van der Waals surface area (Å²) in [7, 11) is 0. The molecule has 0 aromatic heterocycles. The molecule has 0 aliphatic carbocycles. The molecule has 1 amide bonds. The first-order valence-corrected chi connectivity index (χ1v) is 11.2. The fourth-order valence-corrected chi connectivity index (χ4v) is 4.00. The third-order valence-corrected chi connectivity index (χ3v) is 5.94. The Morgan fingerprint density at radius 1 is 1.03 bits per heavy atom. The molecule has 0 fully saturated rings. The molecule has 35 heavy (non-hydrogen) atoms. The molecule has 2 heterocycles. The number of aliphatic carboxylic acids is 1. The van der Waals surface area contributed by atoms with E-state index in [2.05, 4.69) is 15.0 Å². The highest BCUT2D eigenvalue weighted by molar-refractivity contribution is 5.94. The maximum absolute atomic E-state index is 13.2. The summed E-state index contributed by atoms with van der Waals surface area (Å²) in [6.45, 7) is 4.56. The van der Waals surface area contributed by atoms with Crippen LogP contribution in [0.2, 0.25) is 0 Å². The van der Waals surface area contributed by atoms with Gasteiger partial charge >= 0.3 is 11.7 Å². The molecule has 4 rings (SSSR count). The molecule has 0 unspecified atom stereocenters. The van der Waals surface area contributed by atoms with Crippen molar-refractivity contribution in [2.45, 2.75) is 33.2 Å². The van der Waals surface area contributed by atoms with Crippen molar-refractivity contribution in [3.63, 3.8) is 0 Å². The summed E-state index contributed by atoms with van der Waals surface area (Å²) < 4.78 is 1.73. The molecule has 0 radical (unpaired) electrons. The zero-order valence-corrected chi connectivity index (χ0v) is 19.4. The summed E-state index contributed by atoms with van der Waals surface area (Å²) in [6, 6.07) is 12.5. The van der Waals surface area contributed by atoms with Crippen LogP contribution in [0, 0.1) is 13.8 Å². The number of aromatic nitrogens is 4. The van der Waals surface area contributed by atoms with Crippen LogP contribution in [0.5, 0.6) is 0 Å². The zero-order chi connectivity index (χ0) is 25.1. The Morgan fingerprint density at radius 2 is 1.74 bits per heavy atom. The third-order valence-electron chi connectivity index (χ3n) is 5.94. The highest BCUT2D eigenvalue weighted by Crippen LogP contribution is 2.24. The average Bonchev–Trinajstić information content (AvgIpc) is 2.82. The summed E-state index contributed by atoms with van der Waals surface area (Å²) >= 11 is 0. The normalized spacial score (nSPS) is 11.1. The Bertz CT molecular complexity index is 1490. The van der Waals surface area contributed by atoms with Gasteiger partial charge in [-0.2, -0.15) is 4.98 Å². The van der Waals surface area contributed by atoms with E-state index in [0.29, 0.717) is 16.6 Å². The number of nitrogens with one attached hydrogen (secondary N) is 1. The average molecular weight is 476 g/mol. The number of fused-ring (bicyclic) bond motifs is 2. The number of aromatic amines is 1. The van der Waals surface area contributed by atoms with Gasteiger partial charge in [0, 0.05) is 31.6 Å². The largest absolute Gasteiger partial charge is 0.481 e. The van der Waals surface area contributed by atoms with E-state index in [1.165, 1.54) is 0 Å². The highest BCUT2D eigenvalue weighted by Gasteiger charge is 2.21. The lowest BCUT2D eigenvalue weighted by Crippen LogP contribution is -2.36. The van der Waals surface area contributed by atoms with Crippen LogP contribution in [-0.2, 0) is 11.3 Å². The van der Waals surface area contributed by atoms with Crippen molar-refractivity contribution >= 4 is 22.9 Å². The quantitative estimate of drug-likeness (QED) is 0.373. The van der Waals surface area contributed by atoms with Gasteiger partial charge in [0.25, 0.3) is 11.5 Å². The van der Waals surface area contributed by atoms with E-state index in [4.69, 9.17) is 5.11 Å². The lowest BCUT2D eigenvalue weighted by atomic mass is 10.1. The Morgan fingerprint density at radius 3 is 2.46 bits per heavy atom.